The van der Waals surface area contributed by atoms with E-state index in [2.05, 4.69) is 29.1 Å². The van der Waals surface area contributed by atoms with E-state index < -0.39 is 0 Å². The molecule has 3 heteroatoms. The lowest BCUT2D eigenvalue weighted by Gasteiger charge is -2.11. The molecule has 0 aliphatic carbocycles. The zero-order valence-electron chi connectivity index (χ0n) is 9.26. The second-order valence-electron chi connectivity index (χ2n) is 3.42. The van der Waals surface area contributed by atoms with Crippen LogP contribution >= 0.6 is 17.0 Å². The van der Waals surface area contributed by atoms with Gasteiger partial charge in [0.25, 0.3) is 0 Å². The molecule has 0 fully saturated rings. The summed E-state index contributed by atoms with van der Waals surface area (Å²) in [7, 11) is 0. The molecule has 2 rings (SSSR count). The molecule has 84 valence electrons. The van der Waals surface area contributed by atoms with Gasteiger partial charge in [0.2, 0.25) is 0 Å². The number of nitrogens with zero attached hydrogens (tertiary/aromatic N) is 2. The van der Waals surface area contributed by atoms with Gasteiger partial charge in [-0.3, -0.25) is 9.98 Å². The normalized spacial score (nSPS) is 16.8. The van der Waals surface area contributed by atoms with Gasteiger partial charge < -0.3 is 0 Å². The Hall–Kier alpha value is -1.22. The minimum atomic E-state index is 0. The molecule has 0 radical (unpaired) electrons. The summed E-state index contributed by atoms with van der Waals surface area (Å²) in [5, 5.41) is 0. The fraction of sp³-hybridized carbons (Fsp3) is 0.231. The number of hydrogen-bond acceptors (Lipinski definition) is 2. The van der Waals surface area contributed by atoms with Gasteiger partial charge >= 0.3 is 0 Å². The predicted octanol–water partition coefficient (Wildman–Crippen LogP) is 3.70. The molecule has 0 aromatic carbocycles. The SMILES string of the molecule is Br.CCC=C1CC=CN=C1c1ccccn1. The van der Waals surface area contributed by atoms with Crippen LogP contribution in [0.5, 0.6) is 0 Å². The smallest absolute Gasteiger partial charge is 0.0917 e. The van der Waals surface area contributed by atoms with E-state index in [0.717, 1.165) is 24.2 Å². The van der Waals surface area contributed by atoms with E-state index in [1.165, 1.54) is 5.57 Å². The van der Waals surface area contributed by atoms with Crippen LogP contribution in [0.25, 0.3) is 0 Å². The van der Waals surface area contributed by atoms with Crippen molar-refractivity contribution in [1.82, 2.24) is 4.98 Å². The molecule has 1 aromatic heterocycles. The van der Waals surface area contributed by atoms with Gasteiger partial charge in [-0.25, -0.2) is 0 Å². The Balaban J connectivity index is 0.00000128. The first-order valence-corrected chi connectivity index (χ1v) is 5.25. The fourth-order valence-electron chi connectivity index (χ4n) is 1.65. The van der Waals surface area contributed by atoms with Crippen LogP contribution in [0.1, 0.15) is 25.5 Å². The number of halogens is 1. The second-order valence-corrected chi connectivity index (χ2v) is 3.42. The molecular formula is C13H15BrN2. The van der Waals surface area contributed by atoms with E-state index in [1.54, 1.807) is 6.20 Å². The van der Waals surface area contributed by atoms with Crippen LogP contribution in [0, 0.1) is 0 Å². The lowest BCUT2D eigenvalue weighted by atomic mass is 10.0. The predicted molar refractivity (Wildman–Crippen MR) is 73.2 cm³/mol. The van der Waals surface area contributed by atoms with Gasteiger partial charge in [-0.1, -0.05) is 25.1 Å². The minimum Gasteiger partial charge on any atom is -0.255 e. The first-order chi connectivity index (χ1) is 7.42. The first-order valence-electron chi connectivity index (χ1n) is 5.25. The molecular weight excluding hydrogens is 264 g/mol. The third-order valence-corrected chi connectivity index (χ3v) is 2.31. The Kier molecular flexibility index (Phi) is 5.12. The number of rotatable bonds is 2. The van der Waals surface area contributed by atoms with Crippen molar-refractivity contribution in [1.29, 1.82) is 0 Å². The summed E-state index contributed by atoms with van der Waals surface area (Å²) in [6, 6.07) is 5.92. The zero-order valence-corrected chi connectivity index (χ0v) is 11.0. The molecule has 2 nitrogen and oxygen atoms in total. The molecule has 16 heavy (non-hydrogen) atoms. The molecule has 0 bridgehead atoms. The third kappa shape index (κ3) is 2.89. The number of aliphatic imine (C=N–C) groups is 1. The van der Waals surface area contributed by atoms with Gasteiger partial charge in [0.05, 0.1) is 11.4 Å². The lowest BCUT2D eigenvalue weighted by molar-refractivity contribution is 1.14. The van der Waals surface area contributed by atoms with Gasteiger partial charge in [-0.15, -0.1) is 17.0 Å². The highest BCUT2D eigenvalue weighted by atomic mass is 79.9. The van der Waals surface area contributed by atoms with Crippen molar-refractivity contribution in [2.24, 2.45) is 4.99 Å². The summed E-state index contributed by atoms with van der Waals surface area (Å²) < 4.78 is 0. The zero-order chi connectivity index (χ0) is 10.5. The molecule has 0 spiro atoms. The standard InChI is InChI=1S/C13H14N2.BrH/c1-2-6-11-7-5-10-15-13(11)12-8-3-4-9-14-12;/h3-6,8-10H,2,7H2,1H3;1H. The molecule has 2 heterocycles. The van der Waals surface area contributed by atoms with E-state index >= 15 is 0 Å². The average Bonchev–Trinajstić information content (AvgIpc) is 2.31. The molecule has 0 saturated carbocycles. The summed E-state index contributed by atoms with van der Waals surface area (Å²) in [6.07, 6.45) is 9.96. The van der Waals surface area contributed by atoms with Crippen LogP contribution < -0.4 is 0 Å². The maximum atomic E-state index is 4.41. The summed E-state index contributed by atoms with van der Waals surface area (Å²) in [4.78, 5) is 8.73. The van der Waals surface area contributed by atoms with Crippen molar-refractivity contribution in [3.05, 3.63) is 54.0 Å². The molecule has 1 aliphatic heterocycles. The average molecular weight is 279 g/mol. The van der Waals surface area contributed by atoms with Crippen molar-refractivity contribution in [2.45, 2.75) is 19.8 Å². The Morgan fingerprint density at radius 1 is 1.38 bits per heavy atom. The van der Waals surface area contributed by atoms with E-state index in [-0.39, 0.29) is 17.0 Å². The van der Waals surface area contributed by atoms with E-state index in [1.807, 2.05) is 24.4 Å². The third-order valence-electron chi connectivity index (χ3n) is 2.31. The van der Waals surface area contributed by atoms with Crippen molar-refractivity contribution in [3.63, 3.8) is 0 Å². The van der Waals surface area contributed by atoms with Crippen molar-refractivity contribution in [3.8, 4) is 0 Å². The largest absolute Gasteiger partial charge is 0.255 e. The van der Waals surface area contributed by atoms with Gasteiger partial charge in [-0.2, -0.15) is 0 Å². The molecule has 0 N–H and O–H groups in total. The van der Waals surface area contributed by atoms with Gasteiger partial charge in [0.1, 0.15) is 0 Å². The van der Waals surface area contributed by atoms with Crippen LogP contribution in [-0.4, -0.2) is 10.7 Å². The molecule has 0 amide bonds. The summed E-state index contributed by atoms with van der Waals surface area (Å²) >= 11 is 0. The van der Waals surface area contributed by atoms with Gasteiger partial charge in [-0.05, 0) is 30.5 Å². The molecule has 1 aliphatic rings. The van der Waals surface area contributed by atoms with E-state index in [0.29, 0.717) is 0 Å². The van der Waals surface area contributed by atoms with Gasteiger partial charge in [0.15, 0.2) is 0 Å². The number of pyridine rings is 1. The monoisotopic (exact) mass is 278 g/mol. The van der Waals surface area contributed by atoms with Crippen LogP contribution in [-0.2, 0) is 0 Å². The first kappa shape index (κ1) is 12.8. The minimum absolute atomic E-state index is 0. The van der Waals surface area contributed by atoms with Crippen LogP contribution in [0.4, 0.5) is 0 Å². The highest BCUT2D eigenvalue weighted by Gasteiger charge is 2.11. The maximum absolute atomic E-state index is 4.41. The quantitative estimate of drug-likeness (QED) is 0.810. The Bertz CT molecular complexity index is 419. The number of allylic oxidation sites excluding steroid dienone is 3. The molecule has 0 atom stereocenters. The Labute approximate surface area is 107 Å². The molecule has 0 saturated heterocycles. The topological polar surface area (TPSA) is 25.2 Å². The highest BCUT2D eigenvalue weighted by molar-refractivity contribution is 8.93. The van der Waals surface area contributed by atoms with Crippen molar-refractivity contribution in [2.75, 3.05) is 0 Å². The van der Waals surface area contributed by atoms with E-state index in [9.17, 15) is 0 Å². The lowest BCUT2D eigenvalue weighted by Crippen LogP contribution is -2.08. The van der Waals surface area contributed by atoms with Crippen LogP contribution in [0.3, 0.4) is 0 Å². The van der Waals surface area contributed by atoms with Crippen LogP contribution in [0.2, 0.25) is 0 Å². The Morgan fingerprint density at radius 3 is 2.94 bits per heavy atom. The van der Waals surface area contributed by atoms with Gasteiger partial charge in [0, 0.05) is 12.4 Å². The number of hydrogen-bond donors (Lipinski definition) is 0. The van der Waals surface area contributed by atoms with Crippen molar-refractivity contribution < 1.29 is 0 Å². The molecule has 0 unspecified atom stereocenters. The van der Waals surface area contributed by atoms with Crippen molar-refractivity contribution >= 4 is 22.7 Å². The second kappa shape index (κ2) is 6.38. The summed E-state index contributed by atoms with van der Waals surface area (Å²) in [5.41, 5.74) is 3.25. The Morgan fingerprint density at radius 2 is 2.25 bits per heavy atom. The molecule has 1 aromatic rings. The maximum Gasteiger partial charge on any atom is 0.0917 e. The highest BCUT2D eigenvalue weighted by Crippen LogP contribution is 2.16. The fourth-order valence-corrected chi connectivity index (χ4v) is 1.65. The van der Waals surface area contributed by atoms with E-state index in [4.69, 9.17) is 0 Å². The van der Waals surface area contributed by atoms with Crippen LogP contribution in [0.15, 0.2) is 53.3 Å². The summed E-state index contributed by atoms with van der Waals surface area (Å²) in [6.45, 7) is 2.14. The summed E-state index contributed by atoms with van der Waals surface area (Å²) in [5.74, 6) is 0. The number of aromatic nitrogens is 1.